The topological polar surface area (TPSA) is 36.1 Å². The van der Waals surface area contributed by atoms with Crippen molar-refractivity contribution in [2.75, 3.05) is 0 Å². The molecule has 1 aliphatic rings. The average Bonchev–Trinajstić information content (AvgIpc) is 1.59. The molecule has 60 valence electrons. The predicted octanol–water partition coefficient (Wildman–Crippen LogP) is -2.54. The quantitative estimate of drug-likeness (QED) is 0.213. The van der Waals surface area contributed by atoms with Crippen LogP contribution in [0.2, 0.25) is 0 Å². The van der Waals surface area contributed by atoms with E-state index in [-0.39, 0.29) is 105 Å². The summed E-state index contributed by atoms with van der Waals surface area (Å²) in [7, 11) is 0. The summed E-state index contributed by atoms with van der Waals surface area (Å²) in [6, 6.07) is 0. The van der Waals surface area contributed by atoms with Crippen LogP contribution >= 0.6 is 37.9 Å². The van der Waals surface area contributed by atoms with Crippen molar-refractivity contribution in [3.05, 3.63) is 0 Å². The van der Waals surface area contributed by atoms with E-state index in [2.05, 4.69) is 53.8 Å². The first-order valence-corrected chi connectivity index (χ1v) is 4.06. The number of nitrogens with one attached hydrogen (secondary N) is 3. The summed E-state index contributed by atoms with van der Waals surface area (Å²) in [6.07, 6.45) is 0. The second-order valence-electron chi connectivity index (χ2n) is 1.71. The van der Waals surface area contributed by atoms with Crippen molar-refractivity contribution < 1.29 is 0 Å². The Labute approximate surface area is 156 Å². The van der Waals surface area contributed by atoms with Crippen molar-refractivity contribution in [1.82, 2.24) is 16.0 Å². The van der Waals surface area contributed by atoms with Gasteiger partial charge in [0.2, 0.25) is 0 Å². The number of thiol groups is 3. The van der Waals surface area contributed by atoms with Crippen LogP contribution in [0, 0.1) is 0 Å². The van der Waals surface area contributed by atoms with Crippen LogP contribution in [0.15, 0.2) is 0 Å². The Morgan fingerprint density at radius 1 is 0.583 bits per heavy atom. The molecular weight excluding hydrogens is 243 g/mol. The van der Waals surface area contributed by atoms with E-state index in [0.717, 1.165) is 0 Å². The molecule has 1 saturated heterocycles. The van der Waals surface area contributed by atoms with Crippen molar-refractivity contribution in [2.24, 2.45) is 0 Å². The molecule has 0 aromatic carbocycles. The third-order valence-electron chi connectivity index (χ3n) is 0.947. The van der Waals surface area contributed by atoms with E-state index in [0.29, 0.717) is 0 Å². The number of hydrogen-bond acceptors (Lipinski definition) is 6. The van der Waals surface area contributed by atoms with Crippen LogP contribution in [0.4, 0.5) is 0 Å². The van der Waals surface area contributed by atoms with Gasteiger partial charge in [-0.1, -0.05) is 0 Å². The van der Waals surface area contributed by atoms with Crippen molar-refractivity contribution in [3.63, 3.8) is 0 Å². The molecule has 1 rings (SSSR count). The minimum atomic E-state index is -0.0313. The number of rotatable bonds is 0. The molecule has 0 bridgehead atoms. The van der Waals surface area contributed by atoms with E-state index in [1.54, 1.807) is 0 Å². The molecule has 0 aliphatic carbocycles. The molecule has 0 aromatic rings. The van der Waals surface area contributed by atoms with Crippen LogP contribution in [-0.4, -0.2) is 105 Å². The molecule has 0 saturated carbocycles. The van der Waals surface area contributed by atoms with Crippen LogP contribution < -0.4 is 16.0 Å². The minimum absolute atomic E-state index is 0. The van der Waals surface area contributed by atoms with Gasteiger partial charge in [-0.2, -0.15) is 0 Å². The number of hydrogen-bond donors (Lipinski definition) is 6. The molecule has 1 aliphatic heterocycles. The Hall–Kier alpha value is 3.93. The van der Waals surface area contributed by atoms with E-state index in [1.165, 1.54) is 0 Å². The van der Waals surface area contributed by atoms with Gasteiger partial charge >= 0.3 is 88.7 Å². The van der Waals surface area contributed by atoms with Gasteiger partial charge in [-0.15, -0.1) is 37.9 Å². The fourth-order valence-corrected chi connectivity index (χ4v) is 1.84. The van der Waals surface area contributed by atoms with Gasteiger partial charge in [0.05, 0.1) is 0 Å². The molecule has 0 unspecified atom stereocenters. The summed E-state index contributed by atoms with van der Waals surface area (Å²) >= 11 is 12.4. The van der Waals surface area contributed by atoms with Crippen molar-refractivity contribution >= 4 is 127 Å². The summed E-state index contributed by atoms with van der Waals surface area (Å²) in [5.74, 6) is 0. The van der Waals surface area contributed by atoms with E-state index in [9.17, 15) is 0 Å². The van der Waals surface area contributed by atoms with Crippen LogP contribution in [0.1, 0.15) is 0 Å². The average molecular weight is 255 g/mol. The summed E-state index contributed by atoms with van der Waals surface area (Å²) in [4.78, 5) is 0. The Morgan fingerprint density at radius 2 is 0.750 bits per heavy atom. The molecule has 9 heteroatoms. The van der Waals surface area contributed by atoms with Gasteiger partial charge in [0.1, 0.15) is 16.5 Å². The van der Waals surface area contributed by atoms with E-state index in [4.69, 9.17) is 0 Å². The maximum atomic E-state index is 4.12. The van der Waals surface area contributed by atoms with Crippen LogP contribution in [0.25, 0.3) is 0 Å². The van der Waals surface area contributed by atoms with Gasteiger partial charge < -0.3 is 0 Å². The first-order valence-electron chi connectivity index (χ1n) is 2.51. The van der Waals surface area contributed by atoms with Crippen LogP contribution in [0.5, 0.6) is 0 Å². The molecule has 3 nitrogen and oxygen atoms in total. The molecule has 0 spiro atoms. The van der Waals surface area contributed by atoms with Crippen LogP contribution in [-0.2, 0) is 0 Å². The van der Waals surface area contributed by atoms with E-state index < -0.39 is 0 Å². The molecule has 1 fully saturated rings. The standard InChI is InChI=1S/C3H9N3S3.3Na.3H/c7-1-4-2(8)6-3(9)5-1;;;;;;/h1-9H;;;;;;. The van der Waals surface area contributed by atoms with E-state index >= 15 is 0 Å². The predicted molar refractivity (Wildman–Crippen MR) is 69.2 cm³/mol. The molecule has 0 radical (unpaired) electrons. The third-order valence-corrected chi connectivity index (χ3v) is 1.84. The molecule has 0 amide bonds. The Balaban J connectivity index is -0.000000270. The third kappa shape index (κ3) is 9.18. The Bertz CT molecular complexity index is 85.0. The molecule has 0 aromatic heterocycles. The fourth-order valence-electron chi connectivity index (χ4n) is 0.593. The molecule has 1 heterocycles. The second kappa shape index (κ2) is 11.4. The molecule has 3 N–H and O–H groups in total. The van der Waals surface area contributed by atoms with Crippen molar-refractivity contribution in [3.8, 4) is 0 Å². The summed E-state index contributed by atoms with van der Waals surface area (Å²) in [6.45, 7) is 0. The van der Waals surface area contributed by atoms with Crippen molar-refractivity contribution in [2.45, 2.75) is 16.5 Å². The van der Waals surface area contributed by atoms with Gasteiger partial charge in [-0.05, 0) is 0 Å². The van der Waals surface area contributed by atoms with E-state index in [1.807, 2.05) is 0 Å². The zero-order chi connectivity index (χ0) is 6.85. The summed E-state index contributed by atoms with van der Waals surface area (Å²) in [5, 5.41) is 8.90. The maximum absolute atomic E-state index is 4.12. The SMILES string of the molecule is SC1NC(S)NC(S)N1.[NaH].[NaH].[NaH]. The molecular formula is C3H12N3Na3S3. The van der Waals surface area contributed by atoms with Gasteiger partial charge in [0.15, 0.2) is 0 Å². The Kier molecular flexibility index (Phi) is 20.2. The summed E-state index contributed by atoms with van der Waals surface area (Å²) < 4.78 is 0. The first kappa shape index (κ1) is 21.2. The molecule has 0 atom stereocenters. The summed E-state index contributed by atoms with van der Waals surface area (Å²) in [5.41, 5.74) is -0.0938. The van der Waals surface area contributed by atoms with Gasteiger partial charge in [-0.3, -0.25) is 16.0 Å². The zero-order valence-electron chi connectivity index (χ0n) is 4.57. The normalized spacial score (nSPS) is 33.8. The first-order chi connectivity index (χ1) is 4.18. The Morgan fingerprint density at radius 3 is 0.917 bits per heavy atom. The monoisotopic (exact) mass is 255 g/mol. The zero-order valence-corrected chi connectivity index (χ0v) is 7.26. The van der Waals surface area contributed by atoms with Gasteiger partial charge in [-0.25, -0.2) is 0 Å². The fraction of sp³-hybridized carbons (Fsp3) is 1.00. The van der Waals surface area contributed by atoms with Crippen molar-refractivity contribution in [1.29, 1.82) is 0 Å². The second-order valence-corrected chi connectivity index (χ2v) is 3.26. The van der Waals surface area contributed by atoms with Gasteiger partial charge in [0, 0.05) is 0 Å². The van der Waals surface area contributed by atoms with Crippen LogP contribution in [0.3, 0.4) is 0 Å². The molecule has 12 heavy (non-hydrogen) atoms. The van der Waals surface area contributed by atoms with Gasteiger partial charge in [0.25, 0.3) is 0 Å².